The molecule has 2 nitrogen and oxygen atoms in total. The van der Waals surface area contributed by atoms with Crippen molar-refractivity contribution in [2.75, 3.05) is 13.7 Å². The number of benzene rings is 1. The molecule has 1 aromatic rings. The molecular weight excluding hydrogens is 188 g/mol. The van der Waals surface area contributed by atoms with Gasteiger partial charge in [-0.05, 0) is 17.0 Å². The van der Waals surface area contributed by atoms with Crippen molar-refractivity contribution in [3.63, 3.8) is 0 Å². The van der Waals surface area contributed by atoms with E-state index in [9.17, 15) is 5.11 Å². The van der Waals surface area contributed by atoms with Crippen LogP contribution in [0.1, 0.15) is 32.3 Å². The van der Waals surface area contributed by atoms with E-state index in [1.807, 2.05) is 24.3 Å². The van der Waals surface area contributed by atoms with Crippen molar-refractivity contribution in [1.29, 1.82) is 0 Å². The normalized spacial score (nSPS) is 13.7. The first-order valence-corrected chi connectivity index (χ1v) is 5.24. The van der Waals surface area contributed by atoms with Crippen LogP contribution in [0.25, 0.3) is 0 Å². The maximum absolute atomic E-state index is 9.48. The molecule has 0 saturated carbocycles. The van der Waals surface area contributed by atoms with Gasteiger partial charge in [0.1, 0.15) is 5.75 Å². The Balaban J connectivity index is 3.12. The van der Waals surface area contributed by atoms with E-state index in [2.05, 4.69) is 20.8 Å². The molecule has 84 valence electrons. The molecule has 1 aromatic carbocycles. The molecule has 0 bridgehead atoms. The molecule has 1 atom stereocenters. The lowest BCUT2D eigenvalue weighted by Crippen LogP contribution is -2.22. The minimum atomic E-state index is 0.0311. The van der Waals surface area contributed by atoms with Crippen LogP contribution in [0.2, 0.25) is 0 Å². The van der Waals surface area contributed by atoms with Crippen LogP contribution in [0.4, 0.5) is 0 Å². The number of hydrogen-bond acceptors (Lipinski definition) is 2. The number of para-hydroxylation sites is 1. The molecule has 0 radical (unpaired) electrons. The van der Waals surface area contributed by atoms with Crippen molar-refractivity contribution in [2.45, 2.75) is 26.7 Å². The van der Waals surface area contributed by atoms with Gasteiger partial charge in [0.15, 0.2) is 0 Å². The molecule has 1 N–H and O–H groups in total. The summed E-state index contributed by atoms with van der Waals surface area (Å²) in [6.07, 6.45) is 0. The highest BCUT2D eigenvalue weighted by Gasteiger charge is 2.27. The Kier molecular flexibility index (Phi) is 3.75. The summed E-state index contributed by atoms with van der Waals surface area (Å²) < 4.78 is 5.31. The molecule has 0 aliphatic rings. The number of rotatable bonds is 3. The first-order valence-electron chi connectivity index (χ1n) is 5.24. The topological polar surface area (TPSA) is 29.5 Å². The Morgan fingerprint density at radius 2 is 1.87 bits per heavy atom. The summed E-state index contributed by atoms with van der Waals surface area (Å²) in [4.78, 5) is 0. The second-order valence-electron chi connectivity index (χ2n) is 4.84. The number of hydrogen-bond donors (Lipinski definition) is 1. The quantitative estimate of drug-likeness (QED) is 0.827. The number of methoxy groups -OCH3 is 1. The van der Waals surface area contributed by atoms with Gasteiger partial charge < -0.3 is 9.84 Å². The van der Waals surface area contributed by atoms with Crippen LogP contribution in [-0.4, -0.2) is 18.8 Å². The lowest BCUT2D eigenvalue weighted by molar-refractivity contribution is 0.184. The van der Waals surface area contributed by atoms with Gasteiger partial charge in [0.05, 0.1) is 13.7 Å². The molecule has 15 heavy (non-hydrogen) atoms. The van der Waals surface area contributed by atoms with Gasteiger partial charge in [0.2, 0.25) is 0 Å². The molecule has 0 aliphatic carbocycles. The van der Waals surface area contributed by atoms with E-state index in [-0.39, 0.29) is 17.9 Å². The van der Waals surface area contributed by atoms with Crippen molar-refractivity contribution >= 4 is 0 Å². The number of aliphatic hydroxyl groups is 1. The molecule has 0 saturated heterocycles. The third-order valence-corrected chi connectivity index (χ3v) is 2.74. The monoisotopic (exact) mass is 208 g/mol. The first kappa shape index (κ1) is 12.1. The SMILES string of the molecule is COc1ccccc1C(CO)C(C)(C)C. The van der Waals surface area contributed by atoms with Gasteiger partial charge in [0, 0.05) is 5.92 Å². The van der Waals surface area contributed by atoms with Crippen molar-refractivity contribution < 1.29 is 9.84 Å². The third-order valence-electron chi connectivity index (χ3n) is 2.74. The van der Waals surface area contributed by atoms with E-state index in [1.54, 1.807) is 7.11 Å². The fourth-order valence-corrected chi connectivity index (χ4v) is 1.79. The predicted octanol–water partition coefficient (Wildman–Crippen LogP) is 2.82. The highest BCUT2D eigenvalue weighted by Crippen LogP contribution is 2.38. The van der Waals surface area contributed by atoms with Crippen LogP contribution in [0, 0.1) is 5.41 Å². The fourth-order valence-electron chi connectivity index (χ4n) is 1.79. The van der Waals surface area contributed by atoms with Crippen LogP contribution in [0.15, 0.2) is 24.3 Å². The second-order valence-corrected chi connectivity index (χ2v) is 4.84. The van der Waals surface area contributed by atoms with Crippen LogP contribution in [0.5, 0.6) is 5.75 Å². The summed E-state index contributed by atoms with van der Waals surface area (Å²) in [6, 6.07) is 7.88. The summed E-state index contributed by atoms with van der Waals surface area (Å²) in [5.74, 6) is 0.958. The molecule has 1 rings (SSSR count). The predicted molar refractivity (Wildman–Crippen MR) is 62.3 cm³/mol. The van der Waals surface area contributed by atoms with Crippen molar-refractivity contribution in [3.8, 4) is 5.75 Å². The standard InChI is InChI=1S/C13H20O2/c1-13(2,3)11(9-14)10-7-5-6-8-12(10)15-4/h5-8,11,14H,9H2,1-4H3. The second kappa shape index (κ2) is 4.67. The fraction of sp³-hybridized carbons (Fsp3) is 0.538. The first-order chi connectivity index (χ1) is 7.00. The number of ether oxygens (including phenoxy) is 1. The summed E-state index contributed by atoms with van der Waals surface area (Å²) in [6.45, 7) is 6.52. The summed E-state index contributed by atoms with van der Waals surface area (Å²) in [5, 5.41) is 9.48. The average Bonchev–Trinajstić information content (AvgIpc) is 2.17. The summed E-state index contributed by atoms with van der Waals surface area (Å²) in [5.41, 5.74) is 1.11. The largest absolute Gasteiger partial charge is 0.496 e. The smallest absolute Gasteiger partial charge is 0.122 e. The molecule has 0 aliphatic heterocycles. The zero-order chi connectivity index (χ0) is 11.5. The lowest BCUT2D eigenvalue weighted by atomic mass is 9.77. The van der Waals surface area contributed by atoms with Crippen LogP contribution >= 0.6 is 0 Å². The average molecular weight is 208 g/mol. The highest BCUT2D eigenvalue weighted by atomic mass is 16.5. The van der Waals surface area contributed by atoms with E-state index >= 15 is 0 Å². The summed E-state index contributed by atoms with van der Waals surface area (Å²) >= 11 is 0. The van der Waals surface area contributed by atoms with Crippen LogP contribution in [0.3, 0.4) is 0 Å². The molecule has 0 fully saturated rings. The Labute approximate surface area is 91.9 Å². The Morgan fingerprint density at radius 3 is 2.33 bits per heavy atom. The summed E-state index contributed by atoms with van der Waals surface area (Å²) in [7, 11) is 1.66. The molecular formula is C13H20O2. The Hall–Kier alpha value is -1.02. The van der Waals surface area contributed by atoms with Crippen molar-refractivity contribution in [3.05, 3.63) is 29.8 Å². The maximum atomic E-state index is 9.48. The maximum Gasteiger partial charge on any atom is 0.122 e. The Bertz CT molecular complexity index is 313. The van der Waals surface area contributed by atoms with Gasteiger partial charge in [0.25, 0.3) is 0 Å². The molecule has 1 unspecified atom stereocenters. The molecule has 0 aromatic heterocycles. The zero-order valence-electron chi connectivity index (χ0n) is 9.95. The third kappa shape index (κ3) is 2.72. The molecule has 2 heteroatoms. The number of aliphatic hydroxyl groups excluding tert-OH is 1. The van der Waals surface area contributed by atoms with E-state index in [1.165, 1.54) is 0 Å². The minimum Gasteiger partial charge on any atom is -0.496 e. The Morgan fingerprint density at radius 1 is 1.27 bits per heavy atom. The van der Waals surface area contributed by atoms with Gasteiger partial charge >= 0.3 is 0 Å². The minimum absolute atomic E-state index is 0.0311. The van der Waals surface area contributed by atoms with E-state index in [0.29, 0.717) is 0 Å². The van der Waals surface area contributed by atoms with Gasteiger partial charge in [-0.15, -0.1) is 0 Å². The van der Waals surface area contributed by atoms with E-state index in [0.717, 1.165) is 11.3 Å². The van der Waals surface area contributed by atoms with Gasteiger partial charge in [-0.3, -0.25) is 0 Å². The highest BCUT2D eigenvalue weighted by molar-refractivity contribution is 5.37. The van der Waals surface area contributed by atoms with Crippen LogP contribution < -0.4 is 4.74 Å². The molecule has 0 heterocycles. The lowest BCUT2D eigenvalue weighted by Gasteiger charge is -2.30. The van der Waals surface area contributed by atoms with Gasteiger partial charge in [-0.2, -0.15) is 0 Å². The zero-order valence-corrected chi connectivity index (χ0v) is 9.95. The molecule has 0 amide bonds. The van der Waals surface area contributed by atoms with Gasteiger partial charge in [-0.1, -0.05) is 39.0 Å². The van der Waals surface area contributed by atoms with Crippen LogP contribution in [-0.2, 0) is 0 Å². The van der Waals surface area contributed by atoms with Gasteiger partial charge in [-0.25, -0.2) is 0 Å². The van der Waals surface area contributed by atoms with Crippen molar-refractivity contribution in [1.82, 2.24) is 0 Å². The molecule has 0 spiro atoms. The van der Waals surface area contributed by atoms with E-state index < -0.39 is 0 Å². The van der Waals surface area contributed by atoms with E-state index in [4.69, 9.17) is 4.74 Å². The van der Waals surface area contributed by atoms with Crippen molar-refractivity contribution in [2.24, 2.45) is 5.41 Å².